The smallest absolute Gasteiger partial charge is 0.373 e. The Morgan fingerprint density at radius 2 is 1.91 bits per heavy atom. The topological polar surface area (TPSA) is 26.3 Å². The highest BCUT2D eigenvalue weighted by Crippen LogP contribution is 2.30. The van der Waals surface area contributed by atoms with Gasteiger partial charge in [-0.15, -0.1) is 13.2 Å². The summed E-state index contributed by atoms with van der Waals surface area (Å²) in [5.74, 6) is -1.65. The predicted octanol–water partition coefficient (Wildman–Crippen LogP) is 1.85. The molecule has 0 radical (unpaired) electrons. The molecule has 0 atom stereocenters. The maximum absolute atomic E-state index is 11.4. The van der Waals surface area contributed by atoms with E-state index in [0.29, 0.717) is 12.8 Å². The predicted molar refractivity (Wildman–Crippen MR) is 29.5 cm³/mol. The Labute approximate surface area is 61.3 Å². The molecule has 0 unspecified atom stereocenters. The second-order valence-corrected chi connectivity index (χ2v) is 2.49. The van der Waals surface area contributed by atoms with Gasteiger partial charge < -0.3 is 4.74 Å². The van der Waals surface area contributed by atoms with Gasteiger partial charge in [-0.3, -0.25) is 4.79 Å². The van der Waals surface area contributed by atoms with Crippen molar-refractivity contribution in [2.75, 3.05) is 0 Å². The number of ether oxygens (including phenoxy) is 1. The van der Waals surface area contributed by atoms with Crippen LogP contribution in [0.3, 0.4) is 0 Å². The van der Waals surface area contributed by atoms with E-state index in [-0.39, 0.29) is 0 Å². The van der Waals surface area contributed by atoms with Gasteiger partial charge in [-0.25, -0.2) is 0 Å². The van der Waals surface area contributed by atoms with Crippen LogP contribution in [0.4, 0.5) is 13.2 Å². The molecule has 64 valence electrons. The molecular weight excluding hydrogens is 161 g/mol. The Morgan fingerprint density at radius 1 is 1.36 bits per heavy atom. The number of esters is 1. The molecule has 1 aliphatic carbocycles. The minimum atomic E-state index is -4.81. The van der Waals surface area contributed by atoms with Gasteiger partial charge in [0.15, 0.2) is 0 Å². The summed E-state index contributed by atoms with van der Waals surface area (Å²) in [4.78, 5) is 10.5. The molecule has 2 nitrogen and oxygen atoms in total. The molecule has 0 aromatic rings. The number of alkyl halides is 3. The van der Waals surface area contributed by atoms with Crippen LogP contribution in [0.1, 0.15) is 19.3 Å². The Hall–Kier alpha value is -0.740. The Morgan fingerprint density at radius 3 is 2.18 bits per heavy atom. The molecule has 1 fully saturated rings. The van der Waals surface area contributed by atoms with Crippen molar-refractivity contribution in [1.29, 1.82) is 0 Å². The van der Waals surface area contributed by atoms with Crippen molar-refractivity contribution in [2.45, 2.75) is 25.6 Å². The molecule has 0 bridgehead atoms. The number of halogens is 3. The van der Waals surface area contributed by atoms with Gasteiger partial charge in [0.2, 0.25) is 0 Å². The van der Waals surface area contributed by atoms with E-state index in [9.17, 15) is 18.0 Å². The molecule has 0 N–H and O–H groups in total. The van der Waals surface area contributed by atoms with Gasteiger partial charge in [-0.1, -0.05) is 6.42 Å². The second-order valence-electron chi connectivity index (χ2n) is 2.49. The number of hydrogen-bond donors (Lipinski definition) is 0. The molecule has 5 heteroatoms. The first-order chi connectivity index (χ1) is 4.99. The monoisotopic (exact) mass is 168 g/mol. The van der Waals surface area contributed by atoms with Gasteiger partial charge >= 0.3 is 12.3 Å². The fraction of sp³-hybridized carbons (Fsp3) is 0.833. The summed E-state index contributed by atoms with van der Waals surface area (Å²) < 4.78 is 37.4. The highest BCUT2D eigenvalue weighted by atomic mass is 19.4. The van der Waals surface area contributed by atoms with Crippen LogP contribution in [-0.2, 0) is 9.53 Å². The number of carbonyl (C=O) groups excluding carboxylic acids is 1. The maximum atomic E-state index is 11.4. The van der Waals surface area contributed by atoms with Crippen molar-refractivity contribution in [1.82, 2.24) is 0 Å². The SMILES string of the molecule is O=C(OC(F)(F)F)C1CCC1. The Kier molecular flexibility index (Phi) is 2.06. The summed E-state index contributed by atoms with van der Waals surface area (Å²) >= 11 is 0. The van der Waals surface area contributed by atoms with Gasteiger partial charge in [0, 0.05) is 0 Å². The van der Waals surface area contributed by atoms with Gasteiger partial charge in [-0.05, 0) is 12.8 Å². The standard InChI is InChI=1S/C6H7F3O2/c7-6(8,9)11-5(10)4-2-1-3-4/h4H,1-3H2. The molecule has 1 saturated carbocycles. The van der Waals surface area contributed by atoms with E-state index in [4.69, 9.17) is 0 Å². The van der Waals surface area contributed by atoms with E-state index in [1.54, 1.807) is 0 Å². The molecule has 0 spiro atoms. The zero-order chi connectivity index (χ0) is 8.48. The fourth-order valence-electron chi connectivity index (χ4n) is 0.841. The van der Waals surface area contributed by atoms with Crippen LogP contribution in [0, 0.1) is 5.92 Å². The van der Waals surface area contributed by atoms with Gasteiger partial charge in [0.1, 0.15) is 0 Å². The van der Waals surface area contributed by atoms with Crippen LogP contribution in [0.2, 0.25) is 0 Å². The van der Waals surface area contributed by atoms with Crippen molar-refractivity contribution in [3.05, 3.63) is 0 Å². The van der Waals surface area contributed by atoms with E-state index < -0.39 is 18.2 Å². The maximum Gasteiger partial charge on any atom is 0.575 e. The first-order valence-corrected chi connectivity index (χ1v) is 3.28. The average Bonchev–Trinajstić information content (AvgIpc) is 1.50. The van der Waals surface area contributed by atoms with E-state index in [0.717, 1.165) is 6.42 Å². The Bertz CT molecular complexity index is 160. The molecule has 1 rings (SSSR count). The largest absolute Gasteiger partial charge is 0.575 e. The highest BCUT2D eigenvalue weighted by Gasteiger charge is 2.38. The molecular formula is C6H7F3O2. The van der Waals surface area contributed by atoms with Crippen molar-refractivity contribution < 1.29 is 22.7 Å². The lowest BCUT2D eigenvalue weighted by molar-refractivity contribution is -0.308. The van der Waals surface area contributed by atoms with Crippen molar-refractivity contribution >= 4 is 5.97 Å². The number of carbonyl (C=O) groups is 1. The quantitative estimate of drug-likeness (QED) is 0.558. The summed E-state index contributed by atoms with van der Waals surface area (Å²) in [6, 6.07) is 0. The van der Waals surface area contributed by atoms with Gasteiger partial charge in [0.05, 0.1) is 5.92 Å². The van der Waals surface area contributed by atoms with E-state index in [1.165, 1.54) is 0 Å². The molecule has 0 aromatic carbocycles. The molecule has 0 saturated heterocycles. The van der Waals surface area contributed by atoms with Gasteiger partial charge in [-0.2, -0.15) is 0 Å². The van der Waals surface area contributed by atoms with Crippen molar-refractivity contribution in [3.8, 4) is 0 Å². The molecule has 11 heavy (non-hydrogen) atoms. The lowest BCUT2D eigenvalue weighted by atomic mass is 9.86. The van der Waals surface area contributed by atoms with Crippen LogP contribution in [0.5, 0.6) is 0 Å². The highest BCUT2D eigenvalue weighted by molar-refractivity contribution is 5.73. The number of rotatable bonds is 1. The molecule has 1 aliphatic rings. The first kappa shape index (κ1) is 8.36. The summed E-state index contributed by atoms with van der Waals surface area (Å²) in [5, 5.41) is 0. The van der Waals surface area contributed by atoms with Crippen LogP contribution in [0.25, 0.3) is 0 Å². The molecule has 0 aromatic heterocycles. The summed E-state index contributed by atoms with van der Waals surface area (Å²) in [7, 11) is 0. The van der Waals surface area contributed by atoms with Crippen LogP contribution in [-0.4, -0.2) is 12.3 Å². The van der Waals surface area contributed by atoms with E-state index >= 15 is 0 Å². The van der Waals surface area contributed by atoms with Gasteiger partial charge in [0.25, 0.3) is 0 Å². The molecule has 0 heterocycles. The first-order valence-electron chi connectivity index (χ1n) is 3.28. The Balaban J connectivity index is 2.31. The number of hydrogen-bond acceptors (Lipinski definition) is 2. The van der Waals surface area contributed by atoms with Crippen molar-refractivity contribution in [3.63, 3.8) is 0 Å². The third-order valence-corrected chi connectivity index (χ3v) is 1.65. The lowest BCUT2D eigenvalue weighted by Crippen LogP contribution is -2.29. The molecule has 0 amide bonds. The lowest BCUT2D eigenvalue weighted by Gasteiger charge is -2.23. The normalized spacial score (nSPS) is 19.2. The van der Waals surface area contributed by atoms with Crippen LogP contribution in [0.15, 0.2) is 0 Å². The average molecular weight is 168 g/mol. The zero-order valence-electron chi connectivity index (χ0n) is 5.65. The van der Waals surface area contributed by atoms with Crippen molar-refractivity contribution in [2.24, 2.45) is 5.92 Å². The second kappa shape index (κ2) is 2.71. The molecule has 0 aliphatic heterocycles. The summed E-state index contributed by atoms with van der Waals surface area (Å²) in [5.41, 5.74) is 0. The fourth-order valence-corrected chi connectivity index (χ4v) is 0.841. The summed E-state index contributed by atoms with van der Waals surface area (Å²) in [6.07, 6.45) is -2.95. The van der Waals surface area contributed by atoms with E-state index in [2.05, 4.69) is 4.74 Å². The van der Waals surface area contributed by atoms with Crippen LogP contribution >= 0.6 is 0 Å². The minimum absolute atomic E-state index is 0.517. The minimum Gasteiger partial charge on any atom is -0.373 e. The van der Waals surface area contributed by atoms with Crippen LogP contribution < -0.4 is 0 Å². The zero-order valence-corrected chi connectivity index (χ0v) is 5.65. The third-order valence-electron chi connectivity index (χ3n) is 1.65. The third kappa shape index (κ3) is 2.40. The summed E-state index contributed by atoms with van der Waals surface area (Å²) in [6.45, 7) is 0. The van der Waals surface area contributed by atoms with E-state index in [1.807, 2.05) is 0 Å².